The number of fused-ring (bicyclic) bond motifs is 1. The second-order valence-electron chi connectivity index (χ2n) is 7.96. The Labute approximate surface area is 192 Å². The van der Waals surface area contributed by atoms with Crippen LogP contribution in [0.15, 0.2) is 47.4 Å². The van der Waals surface area contributed by atoms with Crippen LogP contribution in [0.2, 0.25) is 0 Å². The number of anilines is 1. The minimum Gasteiger partial charge on any atom is -0.379 e. The molecular weight excluding hydrogens is 446 g/mol. The molecule has 3 amide bonds. The number of nitrogens with zero attached hydrogens (tertiary/aromatic N) is 2. The van der Waals surface area contributed by atoms with Crippen LogP contribution in [0.1, 0.15) is 39.1 Å². The topological polar surface area (TPSA) is 113 Å². The lowest BCUT2D eigenvalue weighted by molar-refractivity contribution is -0.116. The zero-order valence-corrected chi connectivity index (χ0v) is 19.1. The summed E-state index contributed by atoms with van der Waals surface area (Å²) in [6, 6.07) is 11.4. The van der Waals surface area contributed by atoms with Crippen molar-refractivity contribution < 1.29 is 27.5 Å². The number of amides is 3. The molecule has 0 saturated carbocycles. The molecule has 0 aliphatic carbocycles. The molecule has 2 aromatic carbocycles. The van der Waals surface area contributed by atoms with Gasteiger partial charge >= 0.3 is 0 Å². The summed E-state index contributed by atoms with van der Waals surface area (Å²) in [4.78, 5) is 38.5. The largest absolute Gasteiger partial charge is 0.379 e. The number of ether oxygens (including phenoxy) is 1. The number of nitrogens with one attached hydrogen (secondary N) is 1. The van der Waals surface area contributed by atoms with Gasteiger partial charge in [-0.1, -0.05) is 18.2 Å². The summed E-state index contributed by atoms with van der Waals surface area (Å²) >= 11 is 0. The van der Waals surface area contributed by atoms with Gasteiger partial charge in [0.05, 0.1) is 29.2 Å². The molecule has 2 aromatic rings. The molecule has 0 radical (unpaired) electrons. The minimum absolute atomic E-state index is 0.0762. The number of aryl methyl sites for hydroxylation is 1. The van der Waals surface area contributed by atoms with Crippen molar-refractivity contribution in [2.45, 2.75) is 24.7 Å². The first kappa shape index (κ1) is 23.1. The Bertz CT molecular complexity index is 1170. The first-order valence-electron chi connectivity index (χ1n) is 10.7. The summed E-state index contributed by atoms with van der Waals surface area (Å²) in [5, 5.41) is 2.71. The van der Waals surface area contributed by atoms with E-state index in [-0.39, 0.29) is 48.7 Å². The molecule has 0 atom stereocenters. The van der Waals surface area contributed by atoms with Gasteiger partial charge in [0.15, 0.2) is 0 Å². The highest BCUT2D eigenvalue weighted by molar-refractivity contribution is 7.89. The van der Waals surface area contributed by atoms with Gasteiger partial charge in [0.1, 0.15) is 0 Å². The summed E-state index contributed by atoms with van der Waals surface area (Å²) in [5.74, 6) is -1.04. The van der Waals surface area contributed by atoms with E-state index in [0.29, 0.717) is 42.0 Å². The monoisotopic (exact) mass is 471 g/mol. The van der Waals surface area contributed by atoms with E-state index in [1.165, 1.54) is 10.4 Å². The molecule has 1 fully saturated rings. The number of morpholine rings is 1. The Balaban J connectivity index is 1.36. The number of carbonyl (C=O) groups is 3. The molecule has 33 heavy (non-hydrogen) atoms. The molecule has 0 aromatic heterocycles. The van der Waals surface area contributed by atoms with Gasteiger partial charge in [-0.2, -0.15) is 4.31 Å². The lowest BCUT2D eigenvalue weighted by Gasteiger charge is -2.26. The van der Waals surface area contributed by atoms with Crippen molar-refractivity contribution in [3.8, 4) is 0 Å². The van der Waals surface area contributed by atoms with Crippen LogP contribution in [0.3, 0.4) is 0 Å². The van der Waals surface area contributed by atoms with Crippen LogP contribution < -0.4 is 5.32 Å². The Hall–Kier alpha value is -3.08. The second-order valence-corrected chi connectivity index (χ2v) is 9.86. The molecule has 0 unspecified atom stereocenters. The molecule has 4 rings (SSSR count). The van der Waals surface area contributed by atoms with Crippen molar-refractivity contribution in [1.29, 1.82) is 0 Å². The number of benzene rings is 2. The summed E-state index contributed by atoms with van der Waals surface area (Å²) in [5.41, 5.74) is 1.71. The average molecular weight is 472 g/mol. The standard InChI is InChI=1S/C23H25N3O6S/c1-16-8-9-17(15-20(16)33(30,31)25-11-13-32-14-12-25)24-21(27)7-4-10-26-22(28)18-5-2-3-6-19(18)23(26)29/h2-3,5-6,8-9,15H,4,7,10-14H2,1H3,(H,24,27). The Morgan fingerprint density at radius 2 is 1.67 bits per heavy atom. The molecule has 0 spiro atoms. The van der Waals surface area contributed by atoms with Crippen molar-refractivity contribution in [2.24, 2.45) is 0 Å². The number of sulfonamides is 1. The minimum atomic E-state index is -3.70. The Kier molecular flexibility index (Phi) is 6.59. The maximum Gasteiger partial charge on any atom is 0.261 e. The van der Waals surface area contributed by atoms with Gasteiger partial charge in [0, 0.05) is 31.7 Å². The second kappa shape index (κ2) is 9.42. The van der Waals surface area contributed by atoms with E-state index in [1.807, 2.05) is 0 Å². The van der Waals surface area contributed by atoms with E-state index in [2.05, 4.69) is 5.32 Å². The molecule has 2 aliphatic rings. The van der Waals surface area contributed by atoms with Gasteiger partial charge in [-0.3, -0.25) is 19.3 Å². The first-order chi connectivity index (χ1) is 15.8. The van der Waals surface area contributed by atoms with Gasteiger partial charge in [0.2, 0.25) is 15.9 Å². The lowest BCUT2D eigenvalue weighted by Crippen LogP contribution is -2.40. The fourth-order valence-corrected chi connectivity index (χ4v) is 5.60. The summed E-state index contributed by atoms with van der Waals surface area (Å²) < 4.78 is 32.6. The molecule has 1 saturated heterocycles. The zero-order valence-electron chi connectivity index (χ0n) is 18.2. The maximum absolute atomic E-state index is 13.0. The number of hydrogen-bond acceptors (Lipinski definition) is 6. The van der Waals surface area contributed by atoms with Gasteiger partial charge in [0.25, 0.3) is 11.8 Å². The van der Waals surface area contributed by atoms with Crippen LogP contribution in [0.25, 0.3) is 0 Å². The van der Waals surface area contributed by atoms with E-state index < -0.39 is 10.0 Å². The average Bonchev–Trinajstić information content (AvgIpc) is 3.06. The molecule has 2 heterocycles. The van der Waals surface area contributed by atoms with Crippen LogP contribution in [-0.4, -0.2) is 68.2 Å². The number of carbonyl (C=O) groups excluding carboxylic acids is 3. The molecule has 1 N–H and O–H groups in total. The Morgan fingerprint density at radius 3 is 2.30 bits per heavy atom. The third kappa shape index (κ3) is 4.68. The van der Waals surface area contributed by atoms with Crippen LogP contribution in [0, 0.1) is 6.92 Å². The predicted octanol–water partition coefficient (Wildman–Crippen LogP) is 2.03. The van der Waals surface area contributed by atoms with Crippen molar-refractivity contribution in [3.63, 3.8) is 0 Å². The van der Waals surface area contributed by atoms with Gasteiger partial charge in [-0.15, -0.1) is 0 Å². The quantitative estimate of drug-likeness (QED) is 0.619. The van der Waals surface area contributed by atoms with Crippen molar-refractivity contribution in [1.82, 2.24) is 9.21 Å². The molecule has 0 bridgehead atoms. The van der Waals surface area contributed by atoms with Crippen molar-refractivity contribution in [2.75, 3.05) is 38.2 Å². The SMILES string of the molecule is Cc1ccc(NC(=O)CCCN2C(=O)c3ccccc3C2=O)cc1S(=O)(=O)N1CCOCC1. The molecular formula is C23H25N3O6S. The normalized spacial score (nSPS) is 16.7. The van der Waals surface area contributed by atoms with E-state index in [0.717, 1.165) is 4.90 Å². The molecule has 2 aliphatic heterocycles. The van der Waals surface area contributed by atoms with Gasteiger partial charge in [-0.25, -0.2) is 8.42 Å². The summed E-state index contributed by atoms with van der Waals surface area (Å²) in [6.45, 7) is 3.11. The predicted molar refractivity (Wildman–Crippen MR) is 120 cm³/mol. The van der Waals surface area contributed by atoms with Crippen molar-refractivity contribution in [3.05, 3.63) is 59.2 Å². The maximum atomic E-state index is 13.0. The molecule has 9 nitrogen and oxygen atoms in total. The highest BCUT2D eigenvalue weighted by Crippen LogP contribution is 2.25. The van der Waals surface area contributed by atoms with E-state index in [9.17, 15) is 22.8 Å². The van der Waals surface area contributed by atoms with E-state index in [1.54, 1.807) is 43.3 Å². The number of rotatable bonds is 7. The Morgan fingerprint density at radius 1 is 1.03 bits per heavy atom. The van der Waals surface area contributed by atoms with Crippen LogP contribution in [-0.2, 0) is 19.6 Å². The van der Waals surface area contributed by atoms with Gasteiger partial charge in [-0.05, 0) is 43.2 Å². The summed E-state index contributed by atoms with van der Waals surface area (Å²) in [7, 11) is -3.70. The van der Waals surface area contributed by atoms with Crippen LogP contribution >= 0.6 is 0 Å². The fraction of sp³-hybridized carbons (Fsp3) is 0.348. The third-order valence-corrected chi connectivity index (χ3v) is 7.76. The fourth-order valence-electron chi connectivity index (χ4n) is 3.95. The first-order valence-corrected chi connectivity index (χ1v) is 12.2. The number of hydrogen-bond donors (Lipinski definition) is 1. The summed E-state index contributed by atoms with van der Waals surface area (Å²) in [6.07, 6.45) is 0.370. The molecule has 174 valence electrons. The van der Waals surface area contributed by atoms with Crippen LogP contribution in [0.4, 0.5) is 5.69 Å². The van der Waals surface area contributed by atoms with Crippen LogP contribution in [0.5, 0.6) is 0 Å². The zero-order chi connectivity index (χ0) is 23.6. The highest BCUT2D eigenvalue weighted by atomic mass is 32.2. The lowest BCUT2D eigenvalue weighted by atomic mass is 10.1. The number of imide groups is 1. The van der Waals surface area contributed by atoms with Gasteiger partial charge < -0.3 is 10.1 Å². The van der Waals surface area contributed by atoms with Crippen molar-refractivity contribution >= 4 is 33.4 Å². The smallest absolute Gasteiger partial charge is 0.261 e. The molecule has 10 heteroatoms. The highest BCUT2D eigenvalue weighted by Gasteiger charge is 2.34. The third-order valence-electron chi connectivity index (χ3n) is 5.72. The van der Waals surface area contributed by atoms with E-state index in [4.69, 9.17) is 4.74 Å². The van der Waals surface area contributed by atoms with E-state index >= 15 is 0 Å².